The van der Waals surface area contributed by atoms with E-state index in [9.17, 15) is 0 Å². The maximum Gasteiger partial charge on any atom is -0.00489 e. The lowest BCUT2D eigenvalue weighted by molar-refractivity contribution is 0.507. The molecule has 0 radical (unpaired) electrons. The maximum absolute atomic E-state index is 3.77. The zero-order valence-electron chi connectivity index (χ0n) is 16.4. The third kappa shape index (κ3) is 21.7. The van der Waals surface area contributed by atoms with Crippen LogP contribution in [0, 0.1) is 5.92 Å². The molecule has 0 aromatic rings. The van der Waals surface area contributed by atoms with E-state index < -0.39 is 0 Å². The highest BCUT2D eigenvalue weighted by Gasteiger charge is 1.95. The van der Waals surface area contributed by atoms with Crippen molar-refractivity contribution in [3.8, 4) is 0 Å². The molecule has 0 aliphatic heterocycles. The summed E-state index contributed by atoms with van der Waals surface area (Å²) in [6.07, 6.45) is 23.0. The number of hydrogen-bond acceptors (Lipinski definition) is 1. The van der Waals surface area contributed by atoms with E-state index in [1.165, 1.54) is 109 Å². The molecule has 0 atom stereocenters. The molecule has 0 heterocycles. The van der Waals surface area contributed by atoms with Crippen molar-refractivity contribution in [3.05, 3.63) is 12.7 Å². The minimum atomic E-state index is 0.875. The number of allylic oxidation sites excluding steroid dienone is 1. The van der Waals surface area contributed by atoms with E-state index in [2.05, 4.69) is 25.7 Å². The molecule has 0 saturated carbocycles. The molecule has 1 nitrogen and oxygen atoms in total. The SMILES string of the molecule is C=CCCCCCCCCCCCCNCCCCCC(C)C. The molecule has 0 saturated heterocycles. The van der Waals surface area contributed by atoms with Crippen molar-refractivity contribution in [2.24, 2.45) is 5.92 Å². The predicted molar refractivity (Wildman–Crippen MR) is 107 cm³/mol. The van der Waals surface area contributed by atoms with Gasteiger partial charge in [0.15, 0.2) is 0 Å². The number of nitrogens with one attached hydrogen (secondary N) is 1. The Balaban J connectivity index is 2.96. The molecule has 138 valence electrons. The number of rotatable bonds is 19. The van der Waals surface area contributed by atoms with Crippen LogP contribution in [0.2, 0.25) is 0 Å². The predicted octanol–water partition coefficient (Wildman–Crippen LogP) is 7.27. The zero-order valence-corrected chi connectivity index (χ0v) is 16.4. The second kappa shape index (κ2) is 19.7. The van der Waals surface area contributed by atoms with Gasteiger partial charge in [0.1, 0.15) is 0 Å². The monoisotopic (exact) mass is 323 g/mol. The first kappa shape index (κ1) is 22.7. The normalized spacial score (nSPS) is 11.3. The summed E-state index contributed by atoms with van der Waals surface area (Å²) in [5.74, 6) is 0.875. The largest absolute Gasteiger partial charge is 0.317 e. The molecule has 0 aliphatic carbocycles. The summed E-state index contributed by atoms with van der Waals surface area (Å²) in [4.78, 5) is 0. The second-order valence-corrected chi connectivity index (χ2v) is 7.61. The van der Waals surface area contributed by atoms with Crippen LogP contribution in [0.25, 0.3) is 0 Å². The topological polar surface area (TPSA) is 12.0 Å². The van der Waals surface area contributed by atoms with Gasteiger partial charge < -0.3 is 5.32 Å². The summed E-state index contributed by atoms with van der Waals surface area (Å²) in [6.45, 7) is 10.9. The van der Waals surface area contributed by atoms with E-state index in [0.29, 0.717) is 0 Å². The van der Waals surface area contributed by atoms with Crippen LogP contribution in [0.1, 0.15) is 110 Å². The smallest absolute Gasteiger partial charge is 0.00489 e. The highest BCUT2D eigenvalue weighted by Crippen LogP contribution is 2.11. The maximum atomic E-state index is 3.77. The standard InChI is InChI=1S/C22H45N/c1-4-5-6-7-8-9-10-11-12-13-14-17-20-23-21-18-15-16-19-22(2)3/h4,22-23H,1,5-21H2,2-3H3. The third-order valence-electron chi connectivity index (χ3n) is 4.65. The van der Waals surface area contributed by atoms with Gasteiger partial charge >= 0.3 is 0 Å². The summed E-state index contributed by atoms with van der Waals surface area (Å²) in [6, 6.07) is 0. The number of hydrogen-bond donors (Lipinski definition) is 1. The fourth-order valence-corrected chi connectivity index (χ4v) is 3.06. The minimum Gasteiger partial charge on any atom is -0.317 e. The first-order valence-corrected chi connectivity index (χ1v) is 10.6. The summed E-state index contributed by atoms with van der Waals surface area (Å²) in [5, 5.41) is 3.60. The molecule has 0 aromatic carbocycles. The van der Waals surface area contributed by atoms with Gasteiger partial charge in [0.2, 0.25) is 0 Å². The highest BCUT2D eigenvalue weighted by atomic mass is 14.8. The van der Waals surface area contributed by atoms with Gasteiger partial charge in [-0.3, -0.25) is 0 Å². The molecule has 0 spiro atoms. The molecule has 0 rings (SSSR count). The van der Waals surface area contributed by atoms with Crippen LogP contribution in [-0.4, -0.2) is 13.1 Å². The van der Waals surface area contributed by atoms with Crippen molar-refractivity contribution in [2.45, 2.75) is 110 Å². The summed E-state index contributed by atoms with van der Waals surface area (Å²) < 4.78 is 0. The van der Waals surface area contributed by atoms with Crippen LogP contribution in [0.4, 0.5) is 0 Å². The van der Waals surface area contributed by atoms with Crippen molar-refractivity contribution >= 4 is 0 Å². The Hall–Kier alpha value is -0.300. The van der Waals surface area contributed by atoms with E-state index in [0.717, 1.165) is 5.92 Å². The Labute approximate surface area is 147 Å². The molecular formula is C22H45N. The van der Waals surface area contributed by atoms with Crippen molar-refractivity contribution in [3.63, 3.8) is 0 Å². The first-order valence-electron chi connectivity index (χ1n) is 10.6. The fourth-order valence-electron chi connectivity index (χ4n) is 3.06. The number of unbranched alkanes of at least 4 members (excludes halogenated alkanes) is 12. The van der Waals surface area contributed by atoms with Gasteiger partial charge in [-0.15, -0.1) is 6.58 Å². The van der Waals surface area contributed by atoms with E-state index >= 15 is 0 Å². The molecule has 0 bridgehead atoms. The highest BCUT2D eigenvalue weighted by molar-refractivity contribution is 4.65. The molecule has 0 amide bonds. The lowest BCUT2D eigenvalue weighted by Crippen LogP contribution is -2.16. The van der Waals surface area contributed by atoms with Gasteiger partial charge in [-0.05, 0) is 44.7 Å². The molecule has 1 heteroatoms. The van der Waals surface area contributed by atoms with Crippen LogP contribution in [0.15, 0.2) is 12.7 Å². The van der Waals surface area contributed by atoms with E-state index in [-0.39, 0.29) is 0 Å². The summed E-state index contributed by atoms with van der Waals surface area (Å²) in [5.41, 5.74) is 0. The quantitative estimate of drug-likeness (QED) is 0.195. The summed E-state index contributed by atoms with van der Waals surface area (Å²) in [7, 11) is 0. The first-order chi connectivity index (χ1) is 11.3. The van der Waals surface area contributed by atoms with Crippen molar-refractivity contribution in [2.75, 3.05) is 13.1 Å². The fraction of sp³-hybridized carbons (Fsp3) is 0.909. The molecule has 0 aromatic heterocycles. The van der Waals surface area contributed by atoms with Crippen molar-refractivity contribution in [1.29, 1.82) is 0 Å². The molecular weight excluding hydrogens is 278 g/mol. The lowest BCUT2D eigenvalue weighted by atomic mass is 10.1. The lowest BCUT2D eigenvalue weighted by Gasteiger charge is -2.06. The second-order valence-electron chi connectivity index (χ2n) is 7.61. The molecule has 0 fully saturated rings. The Morgan fingerprint density at radius 1 is 0.652 bits per heavy atom. The van der Waals surface area contributed by atoms with Crippen LogP contribution in [-0.2, 0) is 0 Å². The molecule has 23 heavy (non-hydrogen) atoms. The van der Waals surface area contributed by atoms with Crippen LogP contribution in [0.5, 0.6) is 0 Å². The Bertz CT molecular complexity index is 222. The van der Waals surface area contributed by atoms with Crippen LogP contribution < -0.4 is 5.32 Å². The van der Waals surface area contributed by atoms with Crippen LogP contribution >= 0.6 is 0 Å². The third-order valence-corrected chi connectivity index (χ3v) is 4.65. The van der Waals surface area contributed by atoms with Crippen molar-refractivity contribution < 1.29 is 0 Å². The van der Waals surface area contributed by atoms with Gasteiger partial charge in [-0.1, -0.05) is 90.6 Å². The van der Waals surface area contributed by atoms with E-state index in [1.807, 2.05) is 6.08 Å². The molecule has 0 aliphatic rings. The minimum absolute atomic E-state index is 0.875. The van der Waals surface area contributed by atoms with Gasteiger partial charge in [0, 0.05) is 0 Å². The Morgan fingerprint density at radius 3 is 1.57 bits per heavy atom. The summed E-state index contributed by atoms with van der Waals surface area (Å²) >= 11 is 0. The van der Waals surface area contributed by atoms with Gasteiger partial charge in [-0.25, -0.2) is 0 Å². The van der Waals surface area contributed by atoms with Crippen molar-refractivity contribution in [1.82, 2.24) is 5.32 Å². The molecule has 0 unspecified atom stereocenters. The van der Waals surface area contributed by atoms with Crippen LogP contribution in [0.3, 0.4) is 0 Å². The van der Waals surface area contributed by atoms with E-state index in [4.69, 9.17) is 0 Å². The Kier molecular flexibility index (Phi) is 19.5. The van der Waals surface area contributed by atoms with E-state index in [1.54, 1.807) is 0 Å². The van der Waals surface area contributed by atoms with Gasteiger partial charge in [0.25, 0.3) is 0 Å². The average Bonchev–Trinajstić information content (AvgIpc) is 2.53. The molecule has 1 N–H and O–H groups in total. The zero-order chi connectivity index (χ0) is 17.0. The van der Waals surface area contributed by atoms with Gasteiger partial charge in [0.05, 0.1) is 0 Å². The van der Waals surface area contributed by atoms with Gasteiger partial charge in [-0.2, -0.15) is 0 Å². The Morgan fingerprint density at radius 2 is 1.09 bits per heavy atom. The average molecular weight is 324 g/mol.